The Kier molecular flexibility index (Phi) is 20.7. The summed E-state index contributed by atoms with van der Waals surface area (Å²) in [6.45, 7) is 27.2. The minimum atomic E-state index is -1.35. The fraction of sp³-hybridized carbons (Fsp3) is 0.227. The Bertz CT molecular complexity index is 4640. The minimum Gasteiger partial charge on any atom is -0.201 e. The average molecular weight is 1210 g/mol. The van der Waals surface area contributed by atoms with Gasteiger partial charge >= 0.3 is 0 Å². The van der Waals surface area contributed by atoms with Crippen LogP contribution in [0.2, 0.25) is 0 Å². The smallest absolute Gasteiger partial charge is 0.201 e. The molecular weight excluding hydrogens is 1110 g/mol. The second-order valence-electron chi connectivity index (χ2n) is 25.5. The zero-order valence-electron chi connectivity index (χ0n) is 60.5. The van der Waals surface area contributed by atoms with Gasteiger partial charge in [-0.2, -0.15) is 0 Å². The van der Waals surface area contributed by atoms with E-state index in [1.54, 1.807) is 0 Å². The van der Waals surface area contributed by atoms with Crippen LogP contribution in [0, 0.1) is 68.2 Å². The molecule has 0 unspecified atom stereocenters. The number of rotatable bonds is 11. The van der Waals surface area contributed by atoms with Gasteiger partial charge in [0.25, 0.3) is 0 Å². The molecule has 0 N–H and O–H groups in total. The third kappa shape index (κ3) is 16.6. The molecule has 0 aliphatic heterocycles. The van der Waals surface area contributed by atoms with Crippen LogP contribution in [0.15, 0.2) is 249 Å². The van der Waals surface area contributed by atoms with Crippen molar-refractivity contribution in [1.29, 1.82) is 0 Å². The SMILES string of the molecule is Cc1cc[n+](C)c(-c2cc(-c3ccccc3)ccc2C)c1.Cc1ccc(-c2cc(-c3cc(C)c(C)c[n+]3C)c(C)cc2C)cc1.[2H]C(C)(C)c1cc[n+](C)c(-c2cc(-c3ccccc3)ccc2C)c1.[2H]C([2H])(c1cc[n+](C)c(-c2cc(-c3ccccc3)ccc2C)c1)C(C)C. The maximum atomic E-state index is 8.44. The van der Waals surface area contributed by atoms with E-state index in [0.29, 0.717) is 0 Å². The first-order valence-corrected chi connectivity index (χ1v) is 32.3. The summed E-state index contributed by atoms with van der Waals surface area (Å²) in [5, 5.41) is 0. The van der Waals surface area contributed by atoms with Crippen LogP contribution in [-0.4, -0.2) is 0 Å². The molecule has 4 heteroatoms. The highest BCUT2D eigenvalue weighted by Crippen LogP contribution is 2.34. The quantitative estimate of drug-likeness (QED) is 0.115. The average Bonchev–Trinajstić information content (AvgIpc) is 0.813. The number of aromatic nitrogens is 4. The van der Waals surface area contributed by atoms with Crippen molar-refractivity contribution in [2.45, 2.75) is 102 Å². The molecule has 0 saturated carbocycles. The summed E-state index contributed by atoms with van der Waals surface area (Å²) >= 11 is 0. The Hall–Kier alpha value is -9.64. The molecule has 12 rings (SSSR count). The normalized spacial score (nSPS) is 11.7. The van der Waals surface area contributed by atoms with Crippen molar-refractivity contribution in [3.05, 3.63) is 310 Å². The molecule has 8 aromatic carbocycles. The molecule has 92 heavy (non-hydrogen) atoms. The lowest BCUT2D eigenvalue weighted by Gasteiger charge is -2.13. The second kappa shape index (κ2) is 30.4. The summed E-state index contributed by atoms with van der Waals surface area (Å²) < 4.78 is 33.8. The summed E-state index contributed by atoms with van der Waals surface area (Å²) in [5.41, 5.74) is 32.9. The first-order valence-electron chi connectivity index (χ1n) is 33.8. The van der Waals surface area contributed by atoms with Crippen molar-refractivity contribution in [3.8, 4) is 89.5 Å². The highest BCUT2D eigenvalue weighted by atomic mass is 14.9. The van der Waals surface area contributed by atoms with Crippen LogP contribution in [0.4, 0.5) is 0 Å². The molecule has 464 valence electrons. The lowest BCUT2D eigenvalue weighted by atomic mass is 9.92. The van der Waals surface area contributed by atoms with Crippen molar-refractivity contribution < 1.29 is 22.4 Å². The molecule has 0 aliphatic carbocycles. The maximum absolute atomic E-state index is 8.44. The van der Waals surface area contributed by atoms with Gasteiger partial charge in [-0.25, -0.2) is 18.3 Å². The number of benzene rings is 8. The lowest BCUT2D eigenvalue weighted by Crippen LogP contribution is -2.31. The largest absolute Gasteiger partial charge is 0.212 e. The van der Waals surface area contributed by atoms with Gasteiger partial charge in [-0.1, -0.05) is 191 Å². The number of hydrogen-bond donors (Lipinski definition) is 0. The number of aryl methyl sites for hydroxylation is 13. The molecule has 4 nitrogen and oxygen atoms in total. The third-order valence-corrected chi connectivity index (χ3v) is 17.5. The highest BCUT2D eigenvalue weighted by Gasteiger charge is 2.20. The van der Waals surface area contributed by atoms with E-state index >= 15 is 0 Å². The molecule has 0 aliphatic rings. The summed E-state index contributed by atoms with van der Waals surface area (Å²) in [4.78, 5) is 0. The molecule has 12 aromatic rings. The molecular formula is C88H96N4+4. The molecule has 4 aromatic heterocycles. The zero-order valence-corrected chi connectivity index (χ0v) is 57.5. The molecule has 0 saturated heterocycles. The van der Waals surface area contributed by atoms with Crippen molar-refractivity contribution in [1.82, 2.24) is 0 Å². The van der Waals surface area contributed by atoms with Crippen LogP contribution in [-0.2, 0) is 34.6 Å². The Balaban J connectivity index is 0.000000149. The number of pyridine rings is 4. The topological polar surface area (TPSA) is 15.5 Å². The molecule has 0 atom stereocenters. The molecule has 0 bridgehead atoms. The van der Waals surface area contributed by atoms with Crippen LogP contribution in [0.5, 0.6) is 0 Å². The first-order chi connectivity index (χ1) is 45.2. The van der Waals surface area contributed by atoms with Crippen molar-refractivity contribution in [3.63, 3.8) is 0 Å². The van der Waals surface area contributed by atoms with Crippen LogP contribution in [0.1, 0.15) is 98.9 Å². The van der Waals surface area contributed by atoms with Crippen molar-refractivity contribution >= 4 is 0 Å². The second-order valence-corrected chi connectivity index (χ2v) is 25.5. The van der Waals surface area contributed by atoms with Crippen LogP contribution >= 0.6 is 0 Å². The van der Waals surface area contributed by atoms with E-state index in [9.17, 15) is 0 Å². The molecule has 0 spiro atoms. The van der Waals surface area contributed by atoms with Crippen LogP contribution < -0.4 is 18.3 Å². The highest BCUT2D eigenvalue weighted by molar-refractivity contribution is 5.78. The van der Waals surface area contributed by atoms with E-state index < -0.39 is 12.3 Å². The lowest BCUT2D eigenvalue weighted by molar-refractivity contribution is -0.660. The molecule has 4 heterocycles. The van der Waals surface area contributed by atoms with Gasteiger partial charge < -0.3 is 0 Å². The van der Waals surface area contributed by atoms with E-state index in [1.165, 1.54) is 123 Å². The van der Waals surface area contributed by atoms with Gasteiger partial charge in [0.05, 0.1) is 0 Å². The third-order valence-electron chi connectivity index (χ3n) is 17.5. The van der Waals surface area contributed by atoms with Gasteiger partial charge in [0, 0.05) is 74.4 Å². The summed E-state index contributed by atoms with van der Waals surface area (Å²) in [6.07, 6.45) is 7.00. The minimum absolute atomic E-state index is 0.0835. The van der Waals surface area contributed by atoms with Crippen LogP contribution in [0.25, 0.3) is 89.5 Å². The van der Waals surface area contributed by atoms with Gasteiger partial charge in [-0.15, -0.1) is 0 Å². The zero-order chi connectivity index (χ0) is 68.5. The Morgan fingerprint density at radius 2 is 0.707 bits per heavy atom. The van der Waals surface area contributed by atoms with Gasteiger partial charge in [0.15, 0.2) is 24.8 Å². The number of nitrogens with zero attached hydrogens (tertiary/aromatic N) is 4. The predicted octanol–water partition coefficient (Wildman–Crippen LogP) is 20.5. The van der Waals surface area contributed by atoms with Gasteiger partial charge in [-0.3, -0.25) is 0 Å². The first kappa shape index (κ1) is 62.5. The Morgan fingerprint density at radius 3 is 1.17 bits per heavy atom. The van der Waals surface area contributed by atoms with E-state index in [-0.39, 0.29) is 5.92 Å². The molecule has 0 radical (unpaired) electrons. The van der Waals surface area contributed by atoms with Crippen molar-refractivity contribution in [2.75, 3.05) is 0 Å². The molecule has 0 fully saturated rings. The number of hydrogen-bond acceptors (Lipinski definition) is 0. The van der Waals surface area contributed by atoms with Gasteiger partial charge in [0.2, 0.25) is 22.8 Å². The summed E-state index contributed by atoms with van der Waals surface area (Å²) in [5.74, 6) is -0.687. The van der Waals surface area contributed by atoms with E-state index in [2.05, 4.69) is 302 Å². The monoisotopic (exact) mass is 1210 g/mol. The summed E-state index contributed by atoms with van der Waals surface area (Å²) in [6, 6.07) is 79.3. The summed E-state index contributed by atoms with van der Waals surface area (Å²) in [7, 11) is 8.30. The van der Waals surface area contributed by atoms with E-state index in [0.717, 1.165) is 28.1 Å². The molecule has 0 amide bonds. The van der Waals surface area contributed by atoms with Gasteiger partial charge in [0.1, 0.15) is 28.2 Å². The van der Waals surface area contributed by atoms with E-state index in [1.807, 2.05) is 83.4 Å². The standard InChI is InChI=1S/2C23H26N.C22H24N.C20H20N/c1-15-7-9-20(10-8-15)21-13-22(18(4)11-17(21)3)23-12-16(2)19(5)14-24(23)6;1-17(2)14-19-12-13-24(4)23(15-19)22-16-21(11-10-18(22)3)20-8-6-5-7-9-20;1-16(2)19-12-13-23(4)22(15-19)21-14-20(11-10-17(21)3)18-8-6-5-7-9-18;1-15-11-12-21(3)20(13-15)19-14-18(10-9-16(19)2)17-7-5-4-6-8-17/h7-14H,1-6H3;5-13,15-17H,14H2,1-4H3;5-16H,1-4H3;4-14H,1-3H3/q4*+1/i;14D2;16D;. The van der Waals surface area contributed by atoms with E-state index in [4.69, 9.17) is 4.11 Å². The fourth-order valence-corrected chi connectivity index (χ4v) is 11.8. The van der Waals surface area contributed by atoms with Crippen molar-refractivity contribution in [2.24, 2.45) is 34.1 Å². The van der Waals surface area contributed by atoms with Gasteiger partial charge in [-0.05, 0) is 199 Å². The maximum Gasteiger partial charge on any atom is 0.212 e. The Labute approximate surface area is 555 Å². The Morgan fingerprint density at radius 1 is 0.304 bits per heavy atom. The fourth-order valence-electron chi connectivity index (χ4n) is 11.8. The predicted molar refractivity (Wildman–Crippen MR) is 389 cm³/mol. The van der Waals surface area contributed by atoms with Crippen LogP contribution in [0.3, 0.4) is 0 Å².